The van der Waals surface area contributed by atoms with Crippen molar-refractivity contribution in [3.05, 3.63) is 23.8 Å². The molecule has 0 aliphatic carbocycles. The molecule has 0 heterocycles. The van der Waals surface area contributed by atoms with E-state index in [1.54, 1.807) is 7.11 Å². The number of nitrogens with two attached hydrogens (primary N) is 1. The third-order valence-electron chi connectivity index (χ3n) is 2.35. The maximum absolute atomic E-state index is 11.7. The molecule has 0 saturated heterocycles. The van der Waals surface area contributed by atoms with Crippen LogP contribution in [0.5, 0.6) is 0 Å². The third-order valence-corrected chi connectivity index (χ3v) is 3.44. The van der Waals surface area contributed by atoms with Gasteiger partial charge in [-0.2, -0.15) is 0 Å². The number of ether oxygens (including phenoxy) is 1. The van der Waals surface area contributed by atoms with Crippen LogP contribution in [0.3, 0.4) is 0 Å². The van der Waals surface area contributed by atoms with E-state index in [4.69, 9.17) is 10.5 Å². The Morgan fingerprint density at radius 3 is 2.89 bits per heavy atom. The molecule has 0 fully saturated rings. The van der Waals surface area contributed by atoms with Crippen molar-refractivity contribution < 1.29 is 9.53 Å². The van der Waals surface area contributed by atoms with Gasteiger partial charge in [-0.05, 0) is 31.5 Å². The number of nitrogens with one attached hydrogen (secondary N) is 1. The molecule has 1 unspecified atom stereocenters. The smallest absolute Gasteiger partial charge is 0.230 e. The molecule has 1 amide bonds. The number of carbonyl (C=O) groups excluding carboxylic acids is 1. The second-order valence-electron chi connectivity index (χ2n) is 4.25. The Bertz CT molecular complexity index is 410. The maximum Gasteiger partial charge on any atom is 0.230 e. The predicted molar refractivity (Wildman–Crippen MR) is 75.8 cm³/mol. The van der Waals surface area contributed by atoms with Crippen molar-refractivity contribution in [2.45, 2.75) is 24.8 Å². The quantitative estimate of drug-likeness (QED) is 0.610. The van der Waals surface area contributed by atoms with Crippen LogP contribution in [0.1, 0.15) is 12.5 Å². The summed E-state index contributed by atoms with van der Waals surface area (Å²) in [5, 5.41) is 2.86. The van der Waals surface area contributed by atoms with Crippen molar-refractivity contribution in [1.82, 2.24) is 5.32 Å². The van der Waals surface area contributed by atoms with E-state index in [-0.39, 0.29) is 11.9 Å². The summed E-state index contributed by atoms with van der Waals surface area (Å²) in [5.41, 5.74) is 7.72. The second-order valence-corrected chi connectivity index (χ2v) is 5.27. The van der Waals surface area contributed by atoms with Gasteiger partial charge in [-0.15, -0.1) is 11.8 Å². The highest BCUT2D eigenvalue weighted by Crippen LogP contribution is 2.25. The summed E-state index contributed by atoms with van der Waals surface area (Å²) < 4.78 is 4.96. The van der Waals surface area contributed by atoms with E-state index >= 15 is 0 Å². The van der Waals surface area contributed by atoms with Gasteiger partial charge >= 0.3 is 0 Å². The number of aryl methyl sites for hydroxylation is 1. The molecule has 0 saturated carbocycles. The molecule has 1 aromatic rings. The highest BCUT2D eigenvalue weighted by Gasteiger charge is 2.08. The number of amides is 1. The fourth-order valence-corrected chi connectivity index (χ4v) is 2.31. The van der Waals surface area contributed by atoms with Gasteiger partial charge < -0.3 is 15.8 Å². The first-order valence-corrected chi connectivity index (χ1v) is 6.78. The van der Waals surface area contributed by atoms with E-state index in [2.05, 4.69) is 5.32 Å². The van der Waals surface area contributed by atoms with Crippen LogP contribution in [0.4, 0.5) is 5.69 Å². The first kappa shape index (κ1) is 14.9. The summed E-state index contributed by atoms with van der Waals surface area (Å²) in [4.78, 5) is 12.6. The summed E-state index contributed by atoms with van der Waals surface area (Å²) in [5.74, 6) is 0.353. The number of hydrogen-bond donors (Lipinski definition) is 2. The van der Waals surface area contributed by atoms with Gasteiger partial charge in [0.15, 0.2) is 0 Å². The highest BCUT2D eigenvalue weighted by molar-refractivity contribution is 8.00. The molecular formula is C13H20N2O2S. The average molecular weight is 268 g/mol. The normalized spacial score (nSPS) is 12.2. The fourth-order valence-electron chi connectivity index (χ4n) is 1.55. The minimum Gasteiger partial charge on any atom is -0.398 e. The van der Waals surface area contributed by atoms with Gasteiger partial charge in [0.05, 0.1) is 12.4 Å². The van der Waals surface area contributed by atoms with Crippen LogP contribution >= 0.6 is 11.8 Å². The number of methoxy groups -OCH3 is 1. The lowest BCUT2D eigenvalue weighted by Gasteiger charge is -2.12. The topological polar surface area (TPSA) is 64.3 Å². The van der Waals surface area contributed by atoms with Gasteiger partial charge in [0.2, 0.25) is 5.91 Å². The third kappa shape index (κ3) is 4.98. The number of nitrogen functional groups attached to an aromatic ring is 1. The zero-order chi connectivity index (χ0) is 13.5. The van der Waals surface area contributed by atoms with Crippen LogP contribution < -0.4 is 11.1 Å². The minimum atomic E-state index is -0.00970. The molecule has 3 N–H and O–H groups in total. The lowest BCUT2D eigenvalue weighted by Crippen LogP contribution is -2.36. The molecule has 0 aromatic heterocycles. The Morgan fingerprint density at radius 1 is 1.56 bits per heavy atom. The molecule has 1 atom stereocenters. The summed E-state index contributed by atoms with van der Waals surface area (Å²) in [6.45, 7) is 4.42. The fraction of sp³-hybridized carbons (Fsp3) is 0.462. The zero-order valence-electron chi connectivity index (χ0n) is 11.0. The van der Waals surface area contributed by atoms with Crippen molar-refractivity contribution in [2.75, 3.05) is 25.2 Å². The van der Waals surface area contributed by atoms with Crippen molar-refractivity contribution >= 4 is 23.4 Å². The molecule has 0 aliphatic rings. The molecule has 5 heteroatoms. The largest absolute Gasteiger partial charge is 0.398 e. The van der Waals surface area contributed by atoms with Crippen molar-refractivity contribution in [3.63, 3.8) is 0 Å². The van der Waals surface area contributed by atoms with Crippen LogP contribution in [0.2, 0.25) is 0 Å². The first-order chi connectivity index (χ1) is 8.52. The van der Waals surface area contributed by atoms with Gasteiger partial charge in [-0.1, -0.05) is 6.07 Å². The molecule has 1 aromatic carbocycles. The standard InChI is InChI=1S/C13H20N2O2S/c1-9-4-5-12(11(14)6-9)18-8-13(16)15-10(2)7-17-3/h4-6,10H,7-8,14H2,1-3H3,(H,15,16). The first-order valence-electron chi connectivity index (χ1n) is 5.80. The van der Waals surface area contributed by atoms with Crippen molar-refractivity contribution in [3.8, 4) is 0 Å². The minimum absolute atomic E-state index is 0.00970. The van der Waals surface area contributed by atoms with Crippen LogP contribution in [0.15, 0.2) is 23.1 Å². The Kier molecular flexibility index (Phi) is 6.01. The molecule has 0 radical (unpaired) electrons. The molecule has 100 valence electrons. The van der Waals surface area contributed by atoms with Crippen LogP contribution in [0.25, 0.3) is 0 Å². The molecule has 0 bridgehead atoms. The zero-order valence-corrected chi connectivity index (χ0v) is 11.8. The lowest BCUT2D eigenvalue weighted by molar-refractivity contribution is -0.119. The number of anilines is 1. The molecule has 4 nitrogen and oxygen atoms in total. The van der Waals surface area contributed by atoms with E-state index in [9.17, 15) is 4.79 Å². The Hall–Kier alpha value is -1.20. The SMILES string of the molecule is COCC(C)NC(=O)CSc1ccc(C)cc1N. The average Bonchev–Trinajstić information content (AvgIpc) is 2.28. The van der Waals surface area contributed by atoms with E-state index in [0.717, 1.165) is 16.1 Å². The van der Waals surface area contributed by atoms with Crippen molar-refractivity contribution in [2.24, 2.45) is 0 Å². The summed E-state index contributed by atoms with van der Waals surface area (Å²) >= 11 is 1.45. The van der Waals surface area contributed by atoms with Gasteiger partial charge in [0, 0.05) is 23.7 Å². The van der Waals surface area contributed by atoms with E-state index in [1.807, 2.05) is 32.0 Å². The van der Waals surface area contributed by atoms with Crippen LogP contribution in [-0.2, 0) is 9.53 Å². The number of hydrogen-bond acceptors (Lipinski definition) is 4. The van der Waals surface area contributed by atoms with Gasteiger partial charge in [-0.25, -0.2) is 0 Å². The molecule has 18 heavy (non-hydrogen) atoms. The lowest BCUT2D eigenvalue weighted by atomic mass is 10.2. The summed E-state index contributed by atoms with van der Waals surface area (Å²) in [7, 11) is 1.62. The molecule has 0 aliphatic heterocycles. The molecule has 0 spiro atoms. The molecular weight excluding hydrogens is 248 g/mol. The molecule has 1 rings (SSSR count). The Morgan fingerprint density at radius 2 is 2.28 bits per heavy atom. The van der Waals surface area contributed by atoms with Crippen molar-refractivity contribution in [1.29, 1.82) is 0 Å². The Balaban J connectivity index is 2.42. The highest BCUT2D eigenvalue weighted by atomic mass is 32.2. The Labute approximate surface area is 112 Å². The van der Waals surface area contributed by atoms with E-state index < -0.39 is 0 Å². The van der Waals surface area contributed by atoms with Crippen LogP contribution in [-0.4, -0.2) is 31.4 Å². The monoisotopic (exact) mass is 268 g/mol. The van der Waals surface area contributed by atoms with Crippen LogP contribution in [0, 0.1) is 6.92 Å². The maximum atomic E-state index is 11.7. The number of thioether (sulfide) groups is 1. The summed E-state index contributed by atoms with van der Waals surface area (Å²) in [6, 6.07) is 5.87. The number of rotatable bonds is 6. The van der Waals surface area contributed by atoms with Gasteiger partial charge in [-0.3, -0.25) is 4.79 Å². The summed E-state index contributed by atoms with van der Waals surface area (Å²) in [6.07, 6.45) is 0. The van der Waals surface area contributed by atoms with E-state index in [1.165, 1.54) is 11.8 Å². The second kappa shape index (κ2) is 7.28. The number of carbonyl (C=O) groups is 1. The number of benzene rings is 1. The van der Waals surface area contributed by atoms with Gasteiger partial charge in [0.1, 0.15) is 0 Å². The van der Waals surface area contributed by atoms with Gasteiger partial charge in [0.25, 0.3) is 0 Å². The predicted octanol–water partition coefficient (Wildman–Crippen LogP) is 1.82. The van der Waals surface area contributed by atoms with E-state index in [0.29, 0.717) is 12.4 Å².